The van der Waals surface area contributed by atoms with Crippen LogP contribution in [0.2, 0.25) is 10.0 Å². The van der Waals surface area contributed by atoms with Crippen molar-refractivity contribution in [2.45, 2.75) is 46.0 Å². The third-order valence-electron chi connectivity index (χ3n) is 6.35. The fourth-order valence-electron chi connectivity index (χ4n) is 4.85. The van der Waals surface area contributed by atoms with Crippen LogP contribution in [0.25, 0.3) is 0 Å². The van der Waals surface area contributed by atoms with Crippen molar-refractivity contribution in [3.8, 4) is 0 Å². The molecular formula is C27H27Cl2NO3. The lowest BCUT2D eigenvalue weighted by Gasteiger charge is -2.39. The van der Waals surface area contributed by atoms with Crippen molar-refractivity contribution in [3.05, 3.63) is 81.0 Å². The minimum atomic E-state index is -0.736. The van der Waals surface area contributed by atoms with Gasteiger partial charge in [0.1, 0.15) is 5.92 Å². The standard InChI is InChI=1S/C27H27Cl2NO3/c1-16-22(26(32)33-13-12-17-8-5-4-6-9-17)23(18-10-7-11-19(28)25(18)29)24-20(30-16)14-27(2,3)15-21(24)31/h4-11,22-23H,12-15H2,1-3H3/t22?,23-/m0/s1. The molecule has 0 saturated heterocycles. The van der Waals surface area contributed by atoms with Crippen LogP contribution >= 0.6 is 23.2 Å². The van der Waals surface area contributed by atoms with E-state index < -0.39 is 17.8 Å². The van der Waals surface area contributed by atoms with E-state index in [2.05, 4.69) is 13.8 Å². The Balaban J connectivity index is 1.70. The number of ketones is 1. The van der Waals surface area contributed by atoms with Crippen molar-refractivity contribution in [2.24, 2.45) is 16.3 Å². The average Bonchev–Trinajstić information content (AvgIpc) is 2.74. The molecule has 0 saturated carbocycles. The highest BCUT2D eigenvalue weighted by molar-refractivity contribution is 6.42. The summed E-state index contributed by atoms with van der Waals surface area (Å²) in [5.74, 6) is -1.71. The van der Waals surface area contributed by atoms with Crippen molar-refractivity contribution in [3.63, 3.8) is 0 Å². The van der Waals surface area contributed by atoms with E-state index in [1.807, 2.05) is 43.3 Å². The molecule has 4 rings (SSSR count). The third kappa shape index (κ3) is 4.92. The minimum absolute atomic E-state index is 0.000581. The van der Waals surface area contributed by atoms with Crippen molar-refractivity contribution in [1.29, 1.82) is 0 Å². The van der Waals surface area contributed by atoms with E-state index in [0.29, 0.717) is 46.2 Å². The molecule has 2 aromatic carbocycles. The van der Waals surface area contributed by atoms with Crippen molar-refractivity contribution < 1.29 is 14.3 Å². The van der Waals surface area contributed by atoms with E-state index in [9.17, 15) is 9.59 Å². The molecule has 1 unspecified atom stereocenters. The highest BCUT2D eigenvalue weighted by Crippen LogP contribution is 2.49. The molecule has 1 aliphatic carbocycles. The Bertz CT molecular complexity index is 1150. The van der Waals surface area contributed by atoms with E-state index >= 15 is 0 Å². The van der Waals surface area contributed by atoms with Gasteiger partial charge < -0.3 is 4.74 Å². The molecule has 33 heavy (non-hydrogen) atoms. The molecule has 0 spiro atoms. The number of aliphatic imine (C=N–C) groups is 1. The SMILES string of the molecule is CC1=NC2=C(C(=O)CC(C)(C)C2)[C@@H](c2cccc(Cl)c2Cl)C1C(=O)OCCc1ccccc1. The second-order valence-corrected chi connectivity index (χ2v) is 10.3. The van der Waals surface area contributed by atoms with Crippen molar-refractivity contribution in [2.75, 3.05) is 6.61 Å². The normalized spacial score (nSPS) is 22.0. The number of hydrogen-bond acceptors (Lipinski definition) is 4. The maximum absolute atomic E-state index is 13.4. The summed E-state index contributed by atoms with van der Waals surface area (Å²) in [6, 6.07) is 15.2. The van der Waals surface area contributed by atoms with Crippen LogP contribution in [-0.4, -0.2) is 24.1 Å². The Labute approximate surface area is 204 Å². The van der Waals surface area contributed by atoms with E-state index in [1.165, 1.54) is 0 Å². The number of ether oxygens (including phenoxy) is 1. The molecular weight excluding hydrogens is 457 g/mol. The summed E-state index contributed by atoms with van der Waals surface area (Å²) in [5, 5.41) is 0.738. The van der Waals surface area contributed by atoms with Crippen molar-refractivity contribution >= 4 is 40.7 Å². The van der Waals surface area contributed by atoms with E-state index in [1.54, 1.807) is 12.1 Å². The molecule has 0 N–H and O–H groups in total. The maximum Gasteiger partial charge on any atom is 0.315 e. The molecule has 0 aromatic heterocycles. The molecule has 0 radical (unpaired) electrons. The maximum atomic E-state index is 13.4. The lowest BCUT2D eigenvalue weighted by Crippen LogP contribution is -2.39. The molecule has 0 amide bonds. The first kappa shape index (κ1) is 23.7. The molecule has 0 fully saturated rings. The van der Waals surface area contributed by atoms with E-state index in [4.69, 9.17) is 32.9 Å². The summed E-state index contributed by atoms with van der Waals surface area (Å²) in [6.45, 7) is 6.19. The van der Waals surface area contributed by atoms with Gasteiger partial charge in [-0.25, -0.2) is 0 Å². The predicted octanol–water partition coefficient (Wildman–Crippen LogP) is 6.60. The quantitative estimate of drug-likeness (QED) is 0.450. The lowest BCUT2D eigenvalue weighted by molar-refractivity contribution is -0.146. The summed E-state index contributed by atoms with van der Waals surface area (Å²) >= 11 is 12.9. The number of carbonyl (C=O) groups is 2. The van der Waals surface area contributed by atoms with Gasteiger partial charge in [-0.05, 0) is 36.0 Å². The van der Waals surface area contributed by atoms with Crippen LogP contribution in [0.5, 0.6) is 0 Å². The van der Waals surface area contributed by atoms with Gasteiger partial charge in [0, 0.05) is 35.7 Å². The number of carbonyl (C=O) groups excluding carboxylic acids is 2. The Morgan fingerprint density at radius 1 is 1.09 bits per heavy atom. The van der Waals surface area contributed by atoms with Gasteiger partial charge >= 0.3 is 5.97 Å². The largest absolute Gasteiger partial charge is 0.465 e. The summed E-state index contributed by atoms with van der Waals surface area (Å²) in [5.41, 5.74) is 3.49. The molecule has 1 heterocycles. The van der Waals surface area contributed by atoms with Gasteiger partial charge in [-0.1, -0.05) is 79.5 Å². The Morgan fingerprint density at radius 2 is 1.82 bits per heavy atom. The number of Topliss-reactive ketones (excluding diaryl/α,β-unsaturated/α-hetero) is 1. The number of rotatable bonds is 5. The zero-order valence-electron chi connectivity index (χ0n) is 19.0. The Hall–Kier alpha value is -2.43. The summed E-state index contributed by atoms with van der Waals surface area (Å²) < 4.78 is 5.70. The number of nitrogens with zero attached hydrogens (tertiary/aromatic N) is 1. The summed E-state index contributed by atoms with van der Waals surface area (Å²) in [4.78, 5) is 31.5. The van der Waals surface area contributed by atoms with Crippen LogP contribution < -0.4 is 0 Å². The number of benzene rings is 2. The third-order valence-corrected chi connectivity index (χ3v) is 7.18. The molecule has 172 valence electrons. The number of halogens is 2. The molecule has 4 nitrogen and oxygen atoms in total. The minimum Gasteiger partial charge on any atom is -0.465 e. The highest BCUT2D eigenvalue weighted by atomic mass is 35.5. The van der Waals surface area contributed by atoms with Gasteiger partial charge in [-0.2, -0.15) is 0 Å². The topological polar surface area (TPSA) is 55.7 Å². The van der Waals surface area contributed by atoms with Crippen LogP contribution in [0.15, 0.2) is 64.8 Å². The second-order valence-electron chi connectivity index (χ2n) is 9.56. The average molecular weight is 484 g/mol. The zero-order valence-corrected chi connectivity index (χ0v) is 20.5. The smallest absolute Gasteiger partial charge is 0.315 e. The lowest BCUT2D eigenvalue weighted by atomic mass is 9.67. The second kappa shape index (κ2) is 9.44. The molecule has 2 aliphatic rings. The summed E-state index contributed by atoms with van der Waals surface area (Å²) in [6.07, 6.45) is 1.67. The van der Waals surface area contributed by atoms with Gasteiger partial charge in [-0.3, -0.25) is 14.6 Å². The number of hydrogen-bond donors (Lipinski definition) is 0. The van der Waals surface area contributed by atoms with Crippen molar-refractivity contribution in [1.82, 2.24) is 0 Å². The molecule has 0 bridgehead atoms. The van der Waals surface area contributed by atoms with Crippen LogP contribution in [-0.2, 0) is 20.7 Å². The van der Waals surface area contributed by atoms with Crippen LogP contribution in [0.4, 0.5) is 0 Å². The predicted molar refractivity (Wildman–Crippen MR) is 132 cm³/mol. The molecule has 2 aromatic rings. The monoisotopic (exact) mass is 483 g/mol. The first-order valence-corrected chi connectivity index (χ1v) is 11.9. The highest BCUT2D eigenvalue weighted by Gasteiger charge is 2.46. The van der Waals surface area contributed by atoms with Crippen LogP contribution in [0, 0.1) is 11.3 Å². The first-order valence-electron chi connectivity index (χ1n) is 11.1. The van der Waals surface area contributed by atoms with Gasteiger partial charge in [-0.15, -0.1) is 0 Å². The van der Waals surface area contributed by atoms with Gasteiger partial charge in [0.25, 0.3) is 0 Å². The van der Waals surface area contributed by atoms with Crippen LogP contribution in [0.1, 0.15) is 50.7 Å². The fourth-order valence-corrected chi connectivity index (χ4v) is 5.28. The number of esters is 1. The van der Waals surface area contributed by atoms with Gasteiger partial charge in [0.05, 0.1) is 16.7 Å². The van der Waals surface area contributed by atoms with Gasteiger partial charge in [0.2, 0.25) is 0 Å². The Kier molecular flexibility index (Phi) is 6.78. The fraction of sp³-hybridized carbons (Fsp3) is 0.370. The first-order chi connectivity index (χ1) is 15.7. The Morgan fingerprint density at radius 3 is 2.55 bits per heavy atom. The zero-order chi connectivity index (χ0) is 23.8. The van der Waals surface area contributed by atoms with E-state index in [0.717, 1.165) is 11.3 Å². The molecule has 1 aliphatic heterocycles. The van der Waals surface area contributed by atoms with E-state index in [-0.39, 0.29) is 17.8 Å². The van der Waals surface area contributed by atoms with Crippen LogP contribution in [0.3, 0.4) is 0 Å². The molecule has 2 atom stereocenters. The number of allylic oxidation sites excluding steroid dienone is 2. The summed E-state index contributed by atoms with van der Waals surface area (Å²) in [7, 11) is 0. The molecule has 6 heteroatoms. The van der Waals surface area contributed by atoms with Gasteiger partial charge in [0.15, 0.2) is 5.78 Å².